The zero-order valence-electron chi connectivity index (χ0n) is 11.7. The number of carbonyl (C=O) groups is 2. The van der Waals surface area contributed by atoms with Crippen molar-refractivity contribution in [3.63, 3.8) is 0 Å². The normalized spacial score (nSPS) is 12.8. The zero-order chi connectivity index (χ0) is 15.5. The van der Waals surface area contributed by atoms with Gasteiger partial charge in [-0.25, -0.2) is 17.9 Å². The fraction of sp³-hybridized carbons (Fsp3) is 0.500. The van der Waals surface area contributed by atoms with E-state index in [-0.39, 0.29) is 9.77 Å². The Morgan fingerprint density at radius 3 is 2.55 bits per heavy atom. The minimum Gasteiger partial charge on any atom is -0.465 e. The zero-order valence-corrected chi connectivity index (χ0v) is 13.4. The molecule has 6 nitrogen and oxygen atoms in total. The summed E-state index contributed by atoms with van der Waals surface area (Å²) >= 11 is 0.972. The van der Waals surface area contributed by atoms with Gasteiger partial charge in [-0.15, -0.1) is 11.3 Å². The summed E-state index contributed by atoms with van der Waals surface area (Å²) in [5, 5.41) is 1.54. The first kappa shape index (κ1) is 16.6. The molecule has 1 rings (SSSR count). The van der Waals surface area contributed by atoms with Crippen LogP contribution in [0.15, 0.2) is 10.3 Å². The summed E-state index contributed by atoms with van der Waals surface area (Å²) in [5.41, 5.74) is 0.403. The van der Waals surface area contributed by atoms with Crippen molar-refractivity contribution >= 4 is 33.2 Å². The molecule has 1 aromatic rings. The summed E-state index contributed by atoms with van der Waals surface area (Å²) in [4.78, 5) is 23.1. The Bertz CT molecular complexity index is 618. The molecule has 0 radical (unpaired) electrons. The number of thiophene rings is 1. The van der Waals surface area contributed by atoms with Gasteiger partial charge in [0.25, 0.3) is 10.0 Å². The number of hydrogen-bond acceptors (Lipinski definition) is 6. The topological polar surface area (TPSA) is 89.5 Å². The summed E-state index contributed by atoms with van der Waals surface area (Å²) in [6.07, 6.45) is 0.522. The maximum absolute atomic E-state index is 12.3. The van der Waals surface area contributed by atoms with Gasteiger partial charge in [0.2, 0.25) is 5.91 Å². The molecule has 1 amide bonds. The van der Waals surface area contributed by atoms with E-state index in [0.717, 1.165) is 11.3 Å². The average molecular weight is 319 g/mol. The van der Waals surface area contributed by atoms with E-state index < -0.39 is 27.8 Å². The van der Waals surface area contributed by atoms with Crippen molar-refractivity contribution in [1.82, 2.24) is 4.72 Å². The van der Waals surface area contributed by atoms with Gasteiger partial charge in [0.1, 0.15) is 9.77 Å². The number of ether oxygens (including phenoxy) is 1. The molecule has 0 aliphatic rings. The molecule has 20 heavy (non-hydrogen) atoms. The van der Waals surface area contributed by atoms with E-state index in [2.05, 4.69) is 4.74 Å². The molecule has 0 aromatic carbocycles. The van der Waals surface area contributed by atoms with E-state index in [1.807, 2.05) is 4.72 Å². The minimum absolute atomic E-state index is 0.0329. The highest BCUT2D eigenvalue weighted by Gasteiger charge is 2.29. The van der Waals surface area contributed by atoms with Gasteiger partial charge in [-0.2, -0.15) is 0 Å². The minimum atomic E-state index is -4.08. The van der Waals surface area contributed by atoms with Crippen molar-refractivity contribution in [2.45, 2.75) is 32.1 Å². The lowest BCUT2D eigenvalue weighted by Crippen LogP contribution is -2.35. The number of hydrogen-bond donors (Lipinski definition) is 1. The molecule has 0 saturated carbocycles. The molecular formula is C12H17NO5S2. The van der Waals surface area contributed by atoms with Crippen LogP contribution in [-0.2, 0) is 19.6 Å². The van der Waals surface area contributed by atoms with Crippen LogP contribution in [0, 0.1) is 12.8 Å². The number of sulfonamides is 1. The SMILES string of the molecule is CCC(C)C(=O)NS(=O)(=O)c1c(C)csc1C(=O)OC. The van der Waals surface area contributed by atoms with Crippen LogP contribution in [0.1, 0.15) is 35.5 Å². The number of esters is 1. The van der Waals surface area contributed by atoms with Gasteiger partial charge in [0.05, 0.1) is 7.11 Å². The summed E-state index contributed by atoms with van der Waals surface area (Å²) in [5.74, 6) is -1.75. The highest BCUT2D eigenvalue weighted by Crippen LogP contribution is 2.27. The lowest BCUT2D eigenvalue weighted by Gasteiger charge is -2.11. The van der Waals surface area contributed by atoms with Crippen LogP contribution >= 0.6 is 11.3 Å². The third-order valence-corrected chi connectivity index (χ3v) is 5.59. The molecule has 1 heterocycles. The summed E-state index contributed by atoms with van der Waals surface area (Å²) < 4.78 is 31.1. The molecule has 112 valence electrons. The largest absolute Gasteiger partial charge is 0.465 e. The van der Waals surface area contributed by atoms with Gasteiger partial charge in [-0.3, -0.25) is 4.79 Å². The Kier molecular flexibility index (Phi) is 5.29. The molecule has 0 aliphatic carbocycles. The van der Waals surface area contributed by atoms with Crippen LogP contribution in [0.2, 0.25) is 0 Å². The number of rotatable bonds is 5. The number of amides is 1. The van der Waals surface area contributed by atoms with Gasteiger partial charge in [0.15, 0.2) is 0 Å². The Hall–Kier alpha value is -1.41. The Balaban J connectivity index is 3.20. The van der Waals surface area contributed by atoms with Crippen LogP contribution in [0.5, 0.6) is 0 Å². The number of carbonyl (C=O) groups excluding carboxylic acids is 2. The molecule has 0 bridgehead atoms. The van der Waals surface area contributed by atoms with Crippen molar-refractivity contribution in [3.8, 4) is 0 Å². The average Bonchev–Trinajstić information content (AvgIpc) is 2.78. The van der Waals surface area contributed by atoms with Crippen LogP contribution in [0.4, 0.5) is 0 Å². The highest BCUT2D eigenvalue weighted by atomic mass is 32.2. The van der Waals surface area contributed by atoms with E-state index in [4.69, 9.17) is 0 Å². The number of aryl methyl sites for hydroxylation is 1. The van der Waals surface area contributed by atoms with E-state index in [1.165, 1.54) is 12.5 Å². The summed E-state index contributed by atoms with van der Waals surface area (Å²) in [6.45, 7) is 4.98. The van der Waals surface area contributed by atoms with Crippen molar-refractivity contribution < 1.29 is 22.7 Å². The van der Waals surface area contributed by atoms with Crippen LogP contribution in [-0.4, -0.2) is 27.4 Å². The third-order valence-electron chi connectivity index (χ3n) is 2.85. The van der Waals surface area contributed by atoms with Crippen molar-refractivity contribution in [3.05, 3.63) is 15.8 Å². The maximum atomic E-state index is 12.3. The predicted molar refractivity (Wildman–Crippen MR) is 75.2 cm³/mol. The molecule has 0 spiro atoms. The smallest absolute Gasteiger partial charge is 0.349 e. The van der Waals surface area contributed by atoms with E-state index in [0.29, 0.717) is 12.0 Å². The molecule has 1 aromatic heterocycles. The van der Waals surface area contributed by atoms with E-state index in [1.54, 1.807) is 20.8 Å². The van der Waals surface area contributed by atoms with Gasteiger partial charge in [-0.1, -0.05) is 13.8 Å². The Morgan fingerprint density at radius 1 is 1.45 bits per heavy atom. The monoisotopic (exact) mass is 319 g/mol. The second kappa shape index (κ2) is 6.36. The number of nitrogens with one attached hydrogen (secondary N) is 1. The fourth-order valence-electron chi connectivity index (χ4n) is 1.47. The molecule has 0 aliphatic heterocycles. The highest BCUT2D eigenvalue weighted by molar-refractivity contribution is 7.90. The molecule has 0 saturated heterocycles. The Labute approximate surface area is 122 Å². The molecule has 1 N–H and O–H groups in total. The quantitative estimate of drug-likeness (QED) is 0.834. The van der Waals surface area contributed by atoms with Crippen molar-refractivity contribution in [2.75, 3.05) is 7.11 Å². The van der Waals surface area contributed by atoms with Gasteiger partial charge in [0, 0.05) is 5.92 Å². The van der Waals surface area contributed by atoms with Gasteiger partial charge < -0.3 is 4.74 Å². The molecule has 8 heteroatoms. The maximum Gasteiger partial charge on any atom is 0.349 e. The van der Waals surface area contributed by atoms with Gasteiger partial charge in [-0.05, 0) is 24.3 Å². The summed E-state index contributed by atoms with van der Waals surface area (Å²) in [6, 6.07) is 0. The van der Waals surface area contributed by atoms with Gasteiger partial charge >= 0.3 is 5.97 Å². The Morgan fingerprint density at radius 2 is 2.05 bits per heavy atom. The lowest BCUT2D eigenvalue weighted by atomic mass is 10.1. The van der Waals surface area contributed by atoms with E-state index >= 15 is 0 Å². The number of methoxy groups -OCH3 is 1. The second-order valence-corrected chi connectivity index (χ2v) is 6.85. The summed E-state index contributed by atoms with van der Waals surface area (Å²) in [7, 11) is -2.91. The van der Waals surface area contributed by atoms with Crippen LogP contribution in [0.3, 0.4) is 0 Å². The standard InChI is InChI=1S/C12H17NO5S2/c1-5-7(2)11(14)13-20(16,17)10-8(3)6-19-9(10)12(15)18-4/h6-7H,5H2,1-4H3,(H,13,14). The molecular weight excluding hydrogens is 302 g/mol. The third kappa shape index (κ3) is 3.37. The van der Waals surface area contributed by atoms with Crippen molar-refractivity contribution in [1.29, 1.82) is 0 Å². The fourth-order valence-corrected chi connectivity index (χ4v) is 4.26. The van der Waals surface area contributed by atoms with Crippen LogP contribution < -0.4 is 4.72 Å². The lowest BCUT2D eigenvalue weighted by molar-refractivity contribution is -0.122. The van der Waals surface area contributed by atoms with Crippen LogP contribution in [0.25, 0.3) is 0 Å². The first-order valence-corrected chi connectivity index (χ1v) is 8.33. The van der Waals surface area contributed by atoms with E-state index in [9.17, 15) is 18.0 Å². The molecule has 1 unspecified atom stereocenters. The van der Waals surface area contributed by atoms with Crippen molar-refractivity contribution in [2.24, 2.45) is 5.92 Å². The first-order chi connectivity index (χ1) is 9.24. The predicted octanol–water partition coefficient (Wildman–Crippen LogP) is 1.69. The second-order valence-electron chi connectivity index (χ2n) is 4.35. The first-order valence-electron chi connectivity index (χ1n) is 5.97. The molecule has 1 atom stereocenters. The molecule has 0 fully saturated rings.